The summed E-state index contributed by atoms with van der Waals surface area (Å²) in [5.74, 6) is -0.513. The summed E-state index contributed by atoms with van der Waals surface area (Å²) in [7, 11) is 1.68. The van der Waals surface area contributed by atoms with Crippen LogP contribution in [0.5, 0.6) is 0 Å². The molecular formula is C16H16ClFN2O. The van der Waals surface area contributed by atoms with Crippen molar-refractivity contribution in [2.24, 2.45) is 5.73 Å². The Hall–Kier alpha value is -1.91. The van der Waals surface area contributed by atoms with Crippen molar-refractivity contribution >= 4 is 17.5 Å². The number of halogens is 2. The van der Waals surface area contributed by atoms with Gasteiger partial charge in [0, 0.05) is 12.1 Å². The molecule has 0 bridgehead atoms. The van der Waals surface area contributed by atoms with Crippen LogP contribution in [0.25, 0.3) is 0 Å². The molecular weight excluding hydrogens is 291 g/mol. The van der Waals surface area contributed by atoms with Gasteiger partial charge < -0.3 is 10.6 Å². The number of hydrogen-bond donors (Lipinski definition) is 1. The highest BCUT2D eigenvalue weighted by atomic mass is 35.5. The van der Waals surface area contributed by atoms with E-state index >= 15 is 0 Å². The smallest absolute Gasteiger partial charge is 0.236 e. The van der Waals surface area contributed by atoms with Crippen LogP contribution in [0, 0.1) is 5.82 Å². The highest BCUT2D eigenvalue weighted by Crippen LogP contribution is 2.28. The highest BCUT2D eigenvalue weighted by molar-refractivity contribution is 6.30. The molecule has 0 unspecified atom stereocenters. The number of likely N-dealkylation sites (N-methyl/N-ethyl adjacent to an activating group) is 1. The third-order valence-electron chi connectivity index (χ3n) is 3.33. The van der Waals surface area contributed by atoms with Crippen molar-refractivity contribution in [3.63, 3.8) is 0 Å². The molecule has 2 aromatic carbocycles. The Balaban J connectivity index is 2.45. The Morgan fingerprint density at radius 3 is 2.10 bits per heavy atom. The lowest BCUT2D eigenvalue weighted by Gasteiger charge is -2.29. The van der Waals surface area contributed by atoms with E-state index in [9.17, 15) is 9.18 Å². The average molecular weight is 307 g/mol. The molecule has 0 aliphatic carbocycles. The highest BCUT2D eigenvalue weighted by Gasteiger charge is 2.22. The van der Waals surface area contributed by atoms with E-state index in [1.54, 1.807) is 36.2 Å². The monoisotopic (exact) mass is 306 g/mol. The summed E-state index contributed by atoms with van der Waals surface area (Å²) in [6.45, 7) is -0.0816. The number of rotatable bonds is 4. The number of benzene rings is 2. The largest absolute Gasteiger partial charge is 0.334 e. The summed E-state index contributed by atoms with van der Waals surface area (Å²) in [4.78, 5) is 13.5. The van der Waals surface area contributed by atoms with Crippen LogP contribution in [-0.4, -0.2) is 24.4 Å². The molecule has 110 valence electrons. The minimum absolute atomic E-state index is 0.0816. The van der Waals surface area contributed by atoms with Crippen molar-refractivity contribution in [2.45, 2.75) is 6.04 Å². The maximum atomic E-state index is 13.1. The summed E-state index contributed by atoms with van der Waals surface area (Å²) < 4.78 is 13.1. The summed E-state index contributed by atoms with van der Waals surface area (Å²) in [6.07, 6.45) is 0. The molecule has 0 heterocycles. The van der Waals surface area contributed by atoms with Crippen LogP contribution >= 0.6 is 11.6 Å². The molecule has 2 N–H and O–H groups in total. The second-order valence-electron chi connectivity index (χ2n) is 4.71. The number of carbonyl (C=O) groups excluding carboxylic acids is 1. The first-order chi connectivity index (χ1) is 10.0. The van der Waals surface area contributed by atoms with Gasteiger partial charge in [0.2, 0.25) is 5.91 Å². The molecule has 2 rings (SSSR count). The predicted octanol–water partition coefficient (Wildman–Crippen LogP) is 2.99. The first kappa shape index (κ1) is 15.5. The van der Waals surface area contributed by atoms with E-state index in [-0.39, 0.29) is 24.3 Å². The van der Waals surface area contributed by atoms with Crippen molar-refractivity contribution < 1.29 is 9.18 Å². The fourth-order valence-electron chi connectivity index (χ4n) is 2.22. The zero-order valence-electron chi connectivity index (χ0n) is 11.6. The Labute approximate surface area is 128 Å². The molecule has 0 saturated heterocycles. The first-order valence-electron chi connectivity index (χ1n) is 6.49. The van der Waals surface area contributed by atoms with E-state index in [1.807, 2.05) is 12.1 Å². The van der Waals surface area contributed by atoms with Crippen LogP contribution in [-0.2, 0) is 4.79 Å². The maximum absolute atomic E-state index is 13.1. The second kappa shape index (κ2) is 6.70. The summed E-state index contributed by atoms with van der Waals surface area (Å²) in [5, 5.41) is 0.615. The van der Waals surface area contributed by atoms with Crippen LogP contribution in [0.15, 0.2) is 48.5 Å². The molecule has 5 heteroatoms. The van der Waals surface area contributed by atoms with Crippen LogP contribution < -0.4 is 5.73 Å². The lowest BCUT2D eigenvalue weighted by molar-refractivity contribution is -0.129. The van der Waals surface area contributed by atoms with Gasteiger partial charge in [0.1, 0.15) is 5.82 Å². The second-order valence-corrected chi connectivity index (χ2v) is 5.15. The van der Waals surface area contributed by atoms with Crippen LogP contribution in [0.3, 0.4) is 0 Å². The van der Waals surface area contributed by atoms with Crippen LogP contribution in [0.4, 0.5) is 4.39 Å². The standard InChI is InChI=1S/C16H16ClFN2O/c1-20(15(21)10-19)16(11-2-6-13(17)7-3-11)12-4-8-14(18)9-5-12/h2-9,16H,10,19H2,1H3/t16-/m1/s1. The van der Waals surface area contributed by atoms with Gasteiger partial charge >= 0.3 is 0 Å². The topological polar surface area (TPSA) is 46.3 Å². The van der Waals surface area contributed by atoms with Gasteiger partial charge in [-0.2, -0.15) is 0 Å². The summed E-state index contributed by atoms with van der Waals surface area (Å²) >= 11 is 5.90. The van der Waals surface area contributed by atoms with Crippen LogP contribution in [0.2, 0.25) is 5.02 Å². The molecule has 0 spiro atoms. The van der Waals surface area contributed by atoms with Gasteiger partial charge in [-0.05, 0) is 35.4 Å². The van der Waals surface area contributed by atoms with E-state index in [0.717, 1.165) is 11.1 Å². The molecule has 21 heavy (non-hydrogen) atoms. The molecule has 2 aromatic rings. The molecule has 0 aliphatic rings. The van der Waals surface area contributed by atoms with Gasteiger partial charge in [0.25, 0.3) is 0 Å². The Kier molecular flexibility index (Phi) is 4.94. The maximum Gasteiger partial charge on any atom is 0.236 e. The third-order valence-corrected chi connectivity index (χ3v) is 3.58. The zero-order chi connectivity index (χ0) is 15.4. The summed E-state index contributed by atoms with van der Waals surface area (Å²) in [5.41, 5.74) is 7.14. The van der Waals surface area contributed by atoms with E-state index in [1.165, 1.54) is 12.1 Å². The lowest BCUT2D eigenvalue weighted by Crippen LogP contribution is -2.36. The van der Waals surface area contributed by atoms with E-state index in [2.05, 4.69) is 0 Å². The average Bonchev–Trinajstić information content (AvgIpc) is 2.50. The quantitative estimate of drug-likeness (QED) is 0.944. The minimum Gasteiger partial charge on any atom is -0.334 e. The molecule has 0 aliphatic heterocycles. The number of amides is 1. The van der Waals surface area contributed by atoms with Crippen molar-refractivity contribution in [3.8, 4) is 0 Å². The molecule has 0 saturated carbocycles. The SMILES string of the molecule is CN(C(=O)CN)[C@@H](c1ccc(F)cc1)c1ccc(Cl)cc1. The lowest BCUT2D eigenvalue weighted by atomic mass is 9.97. The number of nitrogens with two attached hydrogens (primary N) is 1. The first-order valence-corrected chi connectivity index (χ1v) is 6.87. The molecule has 1 atom stereocenters. The predicted molar refractivity (Wildman–Crippen MR) is 81.5 cm³/mol. The van der Waals surface area contributed by atoms with Gasteiger partial charge in [-0.15, -0.1) is 0 Å². The van der Waals surface area contributed by atoms with Crippen molar-refractivity contribution in [2.75, 3.05) is 13.6 Å². The molecule has 0 radical (unpaired) electrons. The number of hydrogen-bond acceptors (Lipinski definition) is 2. The fourth-order valence-corrected chi connectivity index (χ4v) is 2.34. The van der Waals surface area contributed by atoms with E-state index in [4.69, 9.17) is 17.3 Å². The molecule has 1 amide bonds. The Morgan fingerprint density at radius 1 is 1.14 bits per heavy atom. The van der Waals surface area contributed by atoms with Gasteiger partial charge in [0.05, 0.1) is 12.6 Å². The Morgan fingerprint density at radius 2 is 1.62 bits per heavy atom. The minimum atomic E-state index is -0.334. The van der Waals surface area contributed by atoms with Gasteiger partial charge in [-0.25, -0.2) is 4.39 Å². The third kappa shape index (κ3) is 3.60. The van der Waals surface area contributed by atoms with E-state index < -0.39 is 0 Å². The van der Waals surface area contributed by atoms with Gasteiger partial charge in [-0.1, -0.05) is 35.9 Å². The van der Waals surface area contributed by atoms with Crippen molar-refractivity contribution in [3.05, 3.63) is 70.5 Å². The summed E-state index contributed by atoms with van der Waals surface area (Å²) in [6, 6.07) is 12.9. The molecule has 0 fully saturated rings. The molecule has 3 nitrogen and oxygen atoms in total. The molecule has 0 aromatic heterocycles. The zero-order valence-corrected chi connectivity index (χ0v) is 12.3. The number of carbonyl (C=O) groups is 1. The van der Waals surface area contributed by atoms with Crippen molar-refractivity contribution in [1.82, 2.24) is 4.90 Å². The van der Waals surface area contributed by atoms with Gasteiger partial charge in [0.15, 0.2) is 0 Å². The van der Waals surface area contributed by atoms with Crippen molar-refractivity contribution in [1.29, 1.82) is 0 Å². The fraction of sp³-hybridized carbons (Fsp3) is 0.188. The van der Waals surface area contributed by atoms with Crippen LogP contribution in [0.1, 0.15) is 17.2 Å². The van der Waals surface area contributed by atoms with E-state index in [0.29, 0.717) is 5.02 Å². The van der Waals surface area contributed by atoms with Gasteiger partial charge in [-0.3, -0.25) is 4.79 Å². The normalized spacial score (nSPS) is 12.0. The Bertz CT molecular complexity index is 568. The number of nitrogens with zero attached hydrogens (tertiary/aromatic N) is 1.